The van der Waals surface area contributed by atoms with E-state index < -0.39 is 0 Å². The Balaban J connectivity index is 1.97. The maximum atomic E-state index is 12.7. The lowest BCUT2D eigenvalue weighted by Crippen LogP contribution is -2.37. The van der Waals surface area contributed by atoms with E-state index in [-0.39, 0.29) is 5.91 Å². The van der Waals surface area contributed by atoms with Gasteiger partial charge in [0.05, 0.1) is 5.56 Å². The normalized spacial score (nSPS) is 16.9. The van der Waals surface area contributed by atoms with Crippen LogP contribution in [0.4, 0.5) is 0 Å². The Morgan fingerprint density at radius 1 is 1.30 bits per heavy atom. The lowest BCUT2D eigenvalue weighted by molar-refractivity contribution is 0.0699. The first-order valence-corrected chi connectivity index (χ1v) is 7.89. The number of carbonyl (C=O) groups is 1. The number of fused-ring (bicyclic) bond motifs is 1. The van der Waals surface area contributed by atoms with Gasteiger partial charge in [0.15, 0.2) is 0 Å². The SMILES string of the molecule is CC1CCN(C(=O)c2cn(C)c3ccc(Br)cc23)CC1. The highest BCUT2D eigenvalue weighted by molar-refractivity contribution is 9.10. The van der Waals surface area contributed by atoms with E-state index in [0.29, 0.717) is 0 Å². The number of aromatic nitrogens is 1. The van der Waals surface area contributed by atoms with Crippen molar-refractivity contribution in [1.82, 2.24) is 9.47 Å². The topological polar surface area (TPSA) is 25.2 Å². The molecule has 106 valence electrons. The smallest absolute Gasteiger partial charge is 0.256 e. The van der Waals surface area contributed by atoms with E-state index in [1.807, 2.05) is 34.8 Å². The molecule has 20 heavy (non-hydrogen) atoms. The van der Waals surface area contributed by atoms with Crippen LogP contribution in [0.15, 0.2) is 28.9 Å². The number of piperidine rings is 1. The van der Waals surface area contributed by atoms with Gasteiger partial charge in [-0.1, -0.05) is 22.9 Å². The Morgan fingerprint density at radius 3 is 2.70 bits per heavy atom. The largest absolute Gasteiger partial charge is 0.350 e. The molecule has 1 saturated heterocycles. The maximum absolute atomic E-state index is 12.7. The number of carbonyl (C=O) groups excluding carboxylic acids is 1. The highest BCUT2D eigenvalue weighted by Crippen LogP contribution is 2.27. The summed E-state index contributed by atoms with van der Waals surface area (Å²) in [6.07, 6.45) is 4.18. The van der Waals surface area contributed by atoms with Crippen LogP contribution in [0.2, 0.25) is 0 Å². The van der Waals surface area contributed by atoms with Crippen LogP contribution >= 0.6 is 15.9 Å². The quantitative estimate of drug-likeness (QED) is 0.778. The van der Waals surface area contributed by atoms with Crippen LogP contribution in [0.25, 0.3) is 10.9 Å². The molecule has 2 aromatic rings. The second-order valence-electron chi connectivity index (χ2n) is 5.79. The van der Waals surface area contributed by atoms with Gasteiger partial charge in [0.25, 0.3) is 5.91 Å². The lowest BCUT2D eigenvalue weighted by atomic mass is 9.98. The summed E-state index contributed by atoms with van der Waals surface area (Å²) in [7, 11) is 1.99. The van der Waals surface area contributed by atoms with Gasteiger partial charge < -0.3 is 9.47 Å². The molecule has 0 bridgehead atoms. The Labute approximate surface area is 127 Å². The van der Waals surface area contributed by atoms with Gasteiger partial charge >= 0.3 is 0 Å². The molecule has 1 amide bonds. The van der Waals surface area contributed by atoms with E-state index in [1.54, 1.807) is 0 Å². The number of likely N-dealkylation sites (tertiary alicyclic amines) is 1. The summed E-state index contributed by atoms with van der Waals surface area (Å²) in [5.41, 5.74) is 1.92. The molecule has 0 N–H and O–H groups in total. The Kier molecular flexibility index (Phi) is 3.59. The molecule has 0 saturated carbocycles. The maximum Gasteiger partial charge on any atom is 0.256 e. The summed E-state index contributed by atoms with van der Waals surface area (Å²) < 4.78 is 3.04. The highest BCUT2D eigenvalue weighted by atomic mass is 79.9. The molecule has 0 radical (unpaired) electrons. The summed E-state index contributed by atoms with van der Waals surface area (Å²) in [6.45, 7) is 4.02. The van der Waals surface area contributed by atoms with Gasteiger partial charge in [-0.25, -0.2) is 0 Å². The fourth-order valence-electron chi connectivity index (χ4n) is 2.92. The van der Waals surface area contributed by atoms with Gasteiger partial charge in [-0.3, -0.25) is 4.79 Å². The van der Waals surface area contributed by atoms with Crippen molar-refractivity contribution >= 4 is 32.7 Å². The molecule has 1 fully saturated rings. The average molecular weight is 335 g/mol. The molecule has 0 atom stereocenters. The summed E-state index contributed by atoms with van der Waals surface area (Å²) in [5, 5.41) is 1.03. The van der Waals surface area contributed by atoms with Gasteiger partial charge in [0, 0.05) is 41.7 Å². The Morgan fingerprint density at radius 2 is 2.00 bits per heavy atom. The number of rotatable bonds is 1. The minimum absolute atomic E-state index is 0.167. The Bertz CT molecular complexity index is 654. The van der Waals surface area contributed by atoms with Gasteiger partial charge in [-0.05, 0) is 37.0 Å². The molecule has 3 nitrogen and oxygen atoms in total. The first-order valence-electron chi connectivity index (χ1n) is 7.10. The van der Waals surface area contributed by atoms with E-state index >= 15 is 0 Å². The van der Waals surface area contributed by atoms with Gasteiger partial charge in [0.2, 0.25) is 0 Å². The second kappa shape index (κ2) is 5.24. The molecule has 0 spiro atoms. The van der Waals surface area contributed by atoms with E-state index in [4.69, 9.17) is 0 Å². The van der Waals surface area contributed by atoms with Crippen molar-refractivity contribution in [2.24, 2.45) is 13.0 Å². The van der Waals surface area contributed by atoms with E-state index in [9.17, 15) is 4.79 Å². The van der Waals surface area contributed by atoms with Crippen LogP contribution in [-0.2, 0) is 7.05 Å². The zero-order chi connectivity index (χ0) is 14.3. The van der Waals surface area contributed by atoms with Crippen molar-refractivity contribution in [1.29, 1.82) is 0 Å². The van der Waals surface area contributed by atoms with Crippen LogP contribution in [-0.4, -0.2) is 28.5 Å². The third-order valence-electron chi connectivity index (χ3n) is 4.25. The Hall–Kier alpha value is -1.29. The van der Waals surface area contributed by atoms with Gasteiger partial charge in [0.1, 0.15) is 0 Å². The molecular formula is C16H19BrN2O. The van der Waals surface area contributed by atoms with E-state index in [2.05, 4.69) is 28.9 Å². The third-order valence-corrected chi connectivity index (χ3v) is 4.75. The molecule has 4 heteroatoms. The molecular weight excluding hydrogens is 316 g/mol. The van der Waals surface area contributed by atoms with Gasteiger partial charge in [-0.2, -0.15) is 0 Å². The minimum Gasteiger partial charge on any atom is -0.350 e. The fourth-order valence-corrected chi connectivity index (χ4v) is 3.28. The number of nitrogens with zero attached hydrogens (tertiary/aromatic N) is 2. The predicted octanol–water partition coefficient (Wildman–Crippen LogP) is 3.81. The van der Waals surface area contributed by atoms with E-state index in [0.717, 1.165) is 52.8 Å². The average Bonchev–Trinajstić information content (AvgIpc) is 2.75. The first-order chi connectivity index (χ1) is 9.56. The van der Waals surface area contributed by atoms with Crippen LogP contribution in [0, 0.1) is 5.92 Å². The minimum atomic E-state index is 0.167. The number of halogens is 1. The molecule has 0 unspecified atom stereocenters. The highest BCUT2D eigenvalue weighted by Gasteiger charge is 2.24. The molecule has 1 aromatic carbocycles. The monoisotopic (exact) mass is 334 g/mol. The van der Waals surface area contributed by atoms with Crippen LogP contribution in [0.5, 0.6) is 0 Å². The fraction of sp³-hybridized carbons (Fsp3) is 0.438. The van der Waals surface area contributed by atoms with Crippen molar-refractivity contribution in [3.05, 3.63) is 34.4 Å². The van der Waals surface area contributed by atoms with Crippen molar-refractivity contribution < 1.29 is 4.79 Å². The zero-order valence-corrected chi connectivity index (χ0v) is 13.5. The summed E-state index contributed by atoms with van der Waals surface area (Å²) in [4.78, 5) is 14.7. The van der Waals surface area contributed by atoms with Crippen molar-refractivity contribution in [2.45, 2.75) is 19.8 Å². The molecule has 1 aromatic heterocycles. The van der Waals surface area contributed by atoms with Crippen LogP contribution < -0.4 is 0 Å². The van der Waals surface area contributed by atoms with E-state index in [1.165, 1.54) is 0 Å². The molecule has 0 aliphatic carbocycles. The van der Waals surface area contributed by atoms with Crippen molar-refractivity contribution in [3.63, 3.8) is 0 Å². The standard InChI is InChI=1S/C16H19BrN2O/c1-11-5-7-19(8-6-11)16(20)14-10-18(2)15-4-3-12(17)9-13(14)15/h3-4,9-11H,5-8H2,1-2H3. The lowest BCUT2D eigenvalue weighted by Gasteiger charge is -2.30. The molecule has 1 aliphatic rings. The van der Waals surface area contributed by atoms with Crippen molar-refractivity contribution in [2.75, 3.05) is 13.1 Å². The summed E-state index contributed by atoms with van der Waals surface area (Å²) >= 11 is 3.49. The molecule has 3 rings (SSSR count). The predicted molar refractivity (Wildman–Crippen MR) is 84.9 cm³/mol. The first kappa shape index (κ1) is 13.7. The third kappa shape index (κ3) is 2.37. The number of benzene rings is 1. The van der Waals surface area contributed by atoms with Gasteiger partial charge in [-0.15, -0.1) is 0 Å². The summed E-state index contributed by atoms with van der Waals surface area (Å²) in [5.74, 6) is 0.904. The number of amides is 1. The van der Waals surface area contributed by atoms with Crippen LogP contribution in [0.3, 0.4) is 0 Å². The number of hydrogen-bond donors (Lipinski definition) is 0. The van der Waals surface area contributed by atoms with Crippen LogP contribution in [0.1, 0.15) is 30.1 Å². The molecule has 2 heterocycles. The molecule has 1 aliphatic heterocycles. The zero-order valence-electron chi connectivity index (χ0n) is 11.9. The second-order valence-corrected chi connectivity index (χ2v) is 6.71. The number of hydrogen-bond acceptors (Lipinski definition) is 1. The summed E-state index contributed by atoms with van der Waals surface area (Å²) in [6, 6.07) is 6.10. The van der Waals surface area contributed by atoms with Crippen molar-refractivity contribution in [3.8, 4) is 0 Å². The number of aryl methyl sites for hydroxylation is 1.